The lowest BCUT2D eigenvalue weighted by Crippen LogP contribution is -2.42. The zero-order valence-electron chi connectivity index (χ0n) is 15.2. The standard InChI is InChI=1S/C23H22N2O2/c26-22(14-19-10-5-9-18-7-3-4-11-21(18)19)24-15-23(27)25-13-12-17-6-1-2-8-20(17)16-25/h1-11H,12-16H2,(H,24,26). The first-order valence-corrected chi connectivity index (χ1v) is 9.28. The van der Waals surface area contributed by atoms with Crippen molar-refractivity contribution in [2.75, 3.05) is 13.1 Å². The van der Waals surface area contributed by atoms with E-state index in [-0.39, 0.29) is 24.8 Å². The number of carbonyl (C=O) groups excluding carboxylic acids is 2. The molecule has 2 amide bonds. The zero-order valence-corrected chi connectivity index (χ0v) is 15.2. The molecule has 0 aromatic heterocycles. The molecule has 136 valence electrons. The summed E-state index contributed by atoms with van der Waals surface area (Å²) in [4.78, 5) is 26.7. The molecule has 0 spiro atoms. The molecule has 0 saturated heterocycles. The SMILES string of the molecule is O=C(Cc1cccc2ccccc12)NCC(=O)N1CCc2ccccc2C1. The van der Waals surface area contributed by atoms with Crippen molar-refractivity contribution in [1.82, 2.24) is 10.2 Å². The van der Waals surface area contributed by atoms with E-state index < -0.39 is 0 Å². The fourth-order valence-electron chi connectivity index (χ4n) is 3.68. The van der Waals surface area contributed by atoms with Crippen LogP contribution in [0.4, 0.5) is 0 Å². The molecule has 1 N–H and O–H groups in total. The Morgan fingerprint density at radius 3 is 2.52 bits per heavy atom. The van der Waals surface area contributed by atoms with Crippen LogP contribution in [-0.2, 0) is 29.0 Å². The first-order valence-electron chi connectivity index (χ1n) is 9.28. The van der Waals surface area contributed by atoms with Crippen molar-refractivity contribution < 1.29 is 9.59 Å². The Morgan fingerprint density at radius 2 is 1.63 bits per heavy atom. The highest BCUT2D eigenvalue weighted by atomic mass is 16.2. The quantitative estimate of drug-likeness (QED) is 0.779. The van der Waals surface area contributed by atoms with Gasteiger partial charge in [-0.3, -0.25) is 9.59 Å². The summed E-state index contributed by atoms with van der Waals surface area (Å²) in [5.41, 5.74) is 3.48. The smallest absolute Gasteiger partial charge is 0.242 e. The maximum absolute atomic E-state index is 12.5. The molecular formula is C23H22N2O2. The number of nitrogens with one attached hydrogen (secondary N) is 1. The molecule has 0 saturated carbocycles. The number of carbonyl (C=O) groups is 2. The molecule has 1 heterocycles. The van der Waals surface area contributed by atoms with E-state index in [9.17, 15) is 9.59 Å². The van der Waals surface area contributed by atoms with Gasteiger partial charge < -0.3 is 10.2 Å². The van der Waals surface area contributed by atoms with E-state index in [1.165, 1.54) is 11.1 Å². The van der Waals surface area contributed by atoms with Gasteiger partial charge in [-0.25, -0.2) is 0 Å². The van der Waals surface area contributed by atoms with Crippen molar-refractivity contribution in [2.24, 2.45) is 0 Å². The second kappa shape index (κ2) is 7.62. The Kier molecular flexibility index (Phi) is 4.88. The van der Waals surface area contributed by atoms with Gasteiger partial charge in [0.05, 0.1) is 13.0 Å². The largest absolute Gasteiger partial charge is 0.347 e. The molecule has 0 fully saturated rings. The van der Waals surface area contributed by atoms with Gasteiger partial charge >= 0.3 is 0 Å². The lowest BCUT2D eigenvalue weighted by atomic mass is 10.00. The molecular weight excluding hydrogens is 336 g/mol. The lowest BCUT2D eigenvalue weighted by molar-refractivity contribution is -0.133. The average Bonchev–Trinajstić information content (AvgIpc) is 2.72. The number of hydrogen-bond acceptors (Lipinski definition) is 2. The molecule has 1 aliphatic heterocycles. The van der Waals surface area contributed by atoms with Gasteiger partial charge in [0.15, 0.2) is 0 Å². The van der Waals surface area contributed by atoms with Gasteiger partial charge in [-0.15, -0.1) is 0 Å². The van der Waals surface area contributed by atoms with Crippen LogP contribution in [0.15, 0.2) is 66.7 Å². The molecule has 0 aliphatic carbocycles. The Labute approximate surface area is 158 Å². The fraction of sp³-hybridized carbons (Fsp3) is 0.217. The minimum Gasteiger partial charge on any atom is -0.347 e. The van der Waals surface area contributed by atoms with Gasteiger partial charge in [0.25, 0.3) is 0 Å². The summed E-state index contributed by atoms with van der Waals surface area (Å²) in [5, 5.41) is 4.98. The van der Waals surface area contributed by atoms with Gasteiger partial charge in [0, 0.05) is 13.1 Å². The van der Waals surface area contributed by atoms with E-state index in [0.29, 0.717) is 13.1 Å². The van der Waals surface area contributed by atoms with Gasteiger partial charge in [-0.1, -0.05) is 66.7 Å². The average molecular weight is 358 g/mol. The molecule has 1 aliphatic rings. The third-order valence-electron chi connectivity index (χ3n) is 5.15. The second-order valence-corrected chi connectivity index (χ2v) is 6.93. The van der Waals surface area contributed by atoms with Gasteiger partial charge in [-0.05, 0) is 33.9 Å². The van der Waals surface area contributed by atoms with Gasteiger partial charge in [-0.2, -0.15) is 0 Å². The summed E-state index contributed by atoms with van der Waals surface area (Å²) in [5.74, 6) is -0.159. The lowest BCUT2D eigenvalue weighted by Gasteiger charge is -2.29. The normalized spacial score (nSPS) is 13.3. The molecule has 3 aromatic rings. The molecule has 4 nitrogen and oxygen atoms in total. The Bertz CT molecular complexity index is 991. The molecule has 0 radical (unpaired) electrons. The Balaban J connectivity index is 1.35. The van der Waals surface area contributed by atoms with Gasteiger partial charge in [0.1, 0.15) is 0 Å². The van der Waals surface area contributed by atoms with Crippen molar-refractivity contribution in [3.63, 3.8) is 0 Å². The first-order chi connectivity index (χ1) is 13.2. The van der Waals surface area contributed by atoms with Crippen LogP contribution in [0.5, 0.6) is 0 Å². The zero-order chi connectivity index (χ0) is 18.6. The molecule has 3 aromatic carbocycles. The van der Waals surface area contributed by atoms with Crippen molar-refractivity contribution in [2.45, 2.75) is 19.4 Å². The van der Waals surface area contributed by atoms with E-state index in [1.807, 2.05) is 59.5 Å². The second-order valence-electron chi connectivity index (χ2n) is 6.93. The fourth-order valence-corrected chi connectivity index (χ4v) is 3.68. The monoisotopic (exact) mass is 358 g/mol. The predicted octanol–water partition coefficient (Wildman–Crippen LogP) is 3.08. The summed E-state index contributed by atoms with van der Waals surface area (Å²) in [6.45, 7) is 1.37. The summed E-state index contributed by atoms with van der Waals surface area (Å²) >= 11 is 0. The van der Waals surface area contributed by atoms with E-state index in [0.717, 1.165) is 22.8 Å². The van der Waals surface area contributed by atoms with Crippen LogP contribution < -0.4 is 5.32 Å². The van der Waals surface area contributed by atoms with Crippen LogP contribution >= 0.6 is 0 Å². The molecule has 27 heavy (non-hydrogen) atoms. The van der Waals surface area contributed by atoms with Crippen LogP contribution in [0.2, 0.25) is 0 Å². The summed E-state index contributed by atoms with van der Waals surface area (Å²) in [6.07, 6.45) is 1.14. The van der Waals surface area contributed by atoms with Crippen molar-refractivity contribution in [3.8, 4) is 0 Å². The van der Waals surface area contributed by atoms with E-state index >= 15 is 0 Å². The number of benzene rings is 3. The van der Waals surface area contributed by atoms with Gasteiger partial charge in [0.2, 0.25) is 11.8 Å². The van der Waals surface area contributed by atoms with Crippen molar-refractivity contribution >= 4 is 22.6 Å². The topological polar surface area (TPSA) is 49.4 Å². The molecule has 4 heteroatoms. The minimum absolute atomic E-state index is 0.0317. The summed E-state index contributed by atoms with van der Waals surface area (Å²) < 4.78 is 0. The van der Waals surface area contributed by atoms with Crippen LogP contribution in [0, 0.1) is 0 Å². The Hall–Kier alpha value is -3.14. The van der Waals surface area contributed by atoms with Crippen LogP contribution in [0.1, 0.15) is 16.7 Å². The molecule has 0 bridgehead atoms. The van der Waals surface area contributed by atoms with Crippen molar-refractivity contribution in [1.29, 1.82) is 0 Å². The highest BCUT2D eigenvalue weighted by Crippen LogP contribution is 2.19. The molecule has 4 rings (SSSR count). The van der Waals surface area contributed by atoms with Crippen LogP contribution in [0.25, 0.3) is 10.8 Å². The number of rotatable bonds is 4. The maximum atomic E-state index is 12.5. The minimum atomic E-state index is -0.128. The molecule has 0 unspecified atom stereocenters. The number of hydrogen-bond donors (Lipinski definition) is 1. The summed E-state index contributed by atoms with van der Waals surface area (Å²) in [7, 11) is 0. The van der Waals surface area contributed by atoms with Crippen molar-refractivity contribution in [3.05, 3.63) is 83.4 Å². The third kappa shape index (κ3) is 3.85. The third-order valence-corrected chi connectivity index (χ3v) is 5.15. The number of fused-ring (bicyclic) bond motifs is 2. The van der Waals surface area contributed by atoms with Crippen LogP contribution in [0.3, 0.4) is 0 Å². The van der Waals surface area contributed by atoms with E-state index in [4.69, 9.17) is 0 Å². The van der Waals surface area contributed by atoms with Crippen LogP contribution in [-0.4, -0.2) is 29.8 Å². The first kappa shape index (κ1) is 17.3. The number of amides is 2. The Morgan fingerprint density at radius 1 is 0.889 bits per heavy atom. The highest BCUT2D eigenvalue weighted by Gasteiger charge is 2.20. The number of nitrogens with zero attached hydrogens (tertiary/aromatic N) is 1. The van der Waals surface area contributed by atoms with E-state index in [1.54, 1.807) is 0 Å². The molecule has 0 atom stereocenters. The summed E-state index contributed by atoms with van der Waals surface area (Å²) in [6, 6.07) is 22.2. The maximum Gasteiger partial charge on any atom is 0.242 e. The highest BCUT2D eigenvalue weighted by molar-refractivity contribution is 5.91. The predicted molar refractivity (Wildman–Crippen MR) is 106 cm³/mol. The van der Waals surface area contributed by atoms with E-state index in [2.05, 4.69) is 17.4 Å².